The lowest BCUT2D eigenvalue weighted by Crippen LogP contribution is -2.51. The molecule has 0 unspecified atom stereocenters. The molecule has 15 nitrogen and oxygen atoms in total. The summed E-state index contributed by atoms with van der Waals surface area (Å²) in [6.45, 7) is 21.5. The Labute approximate surface area is 405 Å². The first kappa shape index (κ1) is 56.4. The van der Waals surface area contributed by atoms with Crippen molar-refractivity contribution in [3.8, 4) is 0 Å². The van der Waals surface area contributed by atoms with Crippen LogP contribution in [0.2, 0.25) is 22.2 Å². The van der Waals surface area contributed by atoms with E-state index in [4.69, 9.17) is 10.6 Å². The number of hydrogen-bond donors (Lipinski definition) is 5. The standard InChI is InChI=1S/C33H49N5O5Si.C18H25NO4Si/c1-21(2)31(38-30(41)19-25-12-14-26(15-13-25)44(22(3)4)23(5)6)33(43)35-17-16-29(40)37-27(32(42)36-20-28(34)39)18-24-10-8-7-9-11-24;1-12(2)24(13(3)4)15-7-5-14(6-8-15)11-18(22)23-19-16(20)9-10-17(19)21/h7-15,21-23,27,31,44H,16-20H2,1-6H3,(H2,34,39)(H,35,43)(H,36,42)(H,37,40)(H,38,41);5-8,12-13,24H,9-11H2,1-4H3/t27-,31-;/m0./s1. The molecule has 370 valence electrons. The summed E-state index contributed by atoms with van der Waals surface area (Å²) in [5.41, 5.74) is 10.3. The number of imide groups is 1. The van der Waals surface area contributed by atoms with Crippen molar-refractivity contribution in [3.63, 3.8) is 0 Å². The zero-order valence-corrected chi connectivity index (χ0v) is 43.9. The van der Waals surface area contributed by atoms with Crippen molar-refractivity contribution in [3.05, 3.63) is 95.6 Å². The van der Waals surface area contributed by atoms with Gasteiger partial charge in [-0.3, -0.25) is 33.6 Å². The molecule has 3 aromatic rings. The Morgan fingerprint density at radius 1 is 0.603 bits per heavy atom. The Morgan fingerprint density at radius 2 is 1.09 bits per heavy atom. The Hall–Kier alpha value is -5.95. The summed E-state index contributed by atoms with van der Waals surface area (Å²) in [5.74, 6) is -4.00. The largest absolute Gasteiger partial charge is 0.368 e. The summed E-state index contributed by atoms with van der Waals surface area (Å²) in [5, 5.41) is 14.0. The smallest absolute Gasteiger partial charge is 0.337 e. The molecule has 1 saturated heterocycles. The molecule has 6 N–H and O–H groups in total. The number of carbonyl (C=O) groups is 8. The van der Waals surface area contributed by atoms with E-state index in [2.05, 4.69) is 101 Å². The maximum atomic E-state index is 13.0. The zero-order chi connectivity index (χ0) is 50.7. The lowest BCUT2D eigenvalue weighted by Gasteiger charge is -2.24. The van der Waals surface area contributed by atoms with Gasteiger partial charge in [0.2, 0.25) is 29.5 Å². The predicted octanol–water partition coefficient (Wildman–Crippen LogP) is 3.55. The van der Waals surface area contributed by atoms with Crippen LogP contribution in [0.4, 0.5) is 0 Å². The summed E-state index contributed by atoms with van der Waals surface area (Å²) in [6.07, 6.45) is 0.560. The van der Waals surface area contributed by atoms with Crippen molar-refractivity contribution in [1.82, 2.24) is 26.3 Å². The molecule has 4 rings (SSSR count). The van der Waals surface area contributed by atoms with Crippen LogP contribution in [0.1, 0.15) is 105 Å². The van der Waals surface area contributed by atoms with Crippen LogP contribution in [0.5, 0.6) is 0 Å². The average molecular weight is 971 g/mol. The minimum Gasteiger partial charge on any atom is -0.368 e. The number of rotatable bonds is 23. The topological polar surface area (TPSA) is 223 Å². The summed E-state index contributed by atoms with van der Waals surface area (Å²) in [7, 11) is -2.17. The number of hydrogen-bond acceptors (Lipinski definition) is 9. The highest BCUT2D eigenvalue weighted by molar-refractivity contribution is 6.76. The van der Waals surface area contributed by atoms with E-state index in [1.807, 2.05) is 68.4 Å². The lowest BCUT2D eigenvalue weighted by atomic mass is 10.0. The molecular weight excluding hydrogens is 897 g/mol. The van der Waals surface area contributed by atoms with E-state index >= 15 is 0 Å². The molecule has 1 heterocycles. The van der Waals surface area contributed by atoms with Gasteiger partial charge in [-0.05, 0) is 44.8 Å². The van der Waals surface area contributed by atoms with Crippen LogP contribution >= 0.6 is 0 Å². The molecule has 1 aliphatic heterocycles. The van der Waals surface area contributed by atoms with Crippen LogP contribution in [0.15, 0.2) is 78.9 Å². The molecule has 0 radical (unpaired) electrons. The first-order valence-corrected chi connectivity index (χ1v) is 27.6. The van der Waals surface area contributed by atoms with Crippen LogP contribution in [-0.2, 0) is 62.5 Å². The van der Waals surface area contributed by atoms with Crippen molar-refractivity contribution in [2.24, 2.45) is 11.7 Å². The van der Waals surface area contributed by atoms with Gasteiger partial charge in [0, 0.05) is 32.2 Å². The number of primary amides is 1. The second kappa shape index (κ2) is 27.8. The normalized spacial score (nSPS) is 13.5. The number of nitrogens with zero attached hydrogens (tertiary/aromatic N) is 1. The van der Waals surface area contributed by atoms with E-state index in [1.165, 1.54) is 10.4 Å². The second-order valence-electron chi connectivity index (χ2n) is 19.2. The van der Waals surface area contributed by atoms with Crippen LogP contribution in [0.3, 0.4) is 0 Å². The zero-order valence-electron chi connectivity index (χ0n) is 41.6. The third kappa shape index (κ3) is 18.6. The van der Waals surface area contributed by atoms with Crippen LogP contribution in [0, 0.1) is 5.92 Å². The second-order valence-corrected chi connectivity index (χ2v) is 28.0. The number of carbonyl (C=O) groups excluding carboxylic acids is 8. The molecule has 3 aromatic carbocycles. The fourth-order valence-electron chi connectivity index (χ4n) is 8.73. The first-order valence-electron chi connectivity index (χ1n) is 23.8. The Bertz CT molecular complexity index is 2130. The third-order valence-corrected chi connectivity index (χ3v) is 19.9. The van der Waals surface area contributed by atoms with E-state index < -0.39 is 65.2 Å². The fraction of sp³-hybridized carbons (Fsp3) is 0.490. The van der Waals surface area contributed by atoms with Gasteiger partial charge >= 0.3 is 5.97 Å². The maximum absolute atomic E-state index is 13.0. The van der Waals surface area contributed by atoms with E-state index in [-0.39, 0.29) is 69.3 Å². The highest BCUT2D eigenvalue weighted by Gasteiger charge is 2.33. The van der Waals surface area contributed by atoms with E-state index in [0.29, 0.717) is 27.2 Å². The minimum atomic E-state index is -1.12. The Kier molecular flexibility index (Phi) is 23.0. The Morgan fingerprint density at radius 3 is 1.54 bits per heavy atom. The van der Waals surface area contributed by atoms with Gasteiger partial charge in [-0.15, -0.1) is 5.06 Å². The SMILES string of the molecule is CC(C)[C@H](NC(=O)Cc1ccc([SiH](C(C)C)C(C)C)cc1)C(=O)NCCC(=O)N[C@@H](Cc1ccccc1)C(=O)NCC(N)=O.CC(C)[SiH](c1ccc(CC(=O)ON2C(=O)CCC2=O)cc1)C(C)C. The van der Waals surface area contributed by atoms with E-state index in [0.717, 1.165) is 16.7 Å². The van der Waals surface area contributed by atoms with Gasteiger partial charge in [0.25, 0.3) is 11.8 Å². The minimum absolute atomic E-state index is 0.0168. The highest BCUT2D eigenvalue weighted by atomic mass is 28.3. The summed E-state index contributed by atoms with van der Waals surface area (Å²) >= 11 is 0. The molecule has 0 aromatic heterocycles. The molecular formula is C51H74N6O9Si2. The quantitative estimate of drug-likeness (QED) is 0.0692. The van der Waals surface area contributed by atoms with Crippen molar-refractivity contribution >= 4 is 75.3 Å². The summed E-state index contributed by atoms with van der Waals surface area (Å²) in [4.78, 5) is 102. The molecule has 0 aliphatic carbocycles. The van der Waals surface area contributed by atoms with Crippen molar-refractivity contribution in [2.45, 2.75) is 142 Å². The van der Waals surface area contributed by atoms with Gasteiger partial charge < -0.3 is 31.8 Å². The molecule has 1 aliphatic rings. The maximum Gasteiger partial charge on any atom is 0.337 e. The van der Waals surface area contributed by atoms with Gasteiger partial charge in [0.1, 0.15) is 12.1 Å². The van der Waals surface area contributed by atoms with Crippen molar-refractivity contribution in [2.75, 3.05) is 13.1 Å². The number of benzene rings is 3. The van der Waals surface area contributed by atoms with Gasteiger partial charge in [0.15, 0.2) is 0 Å². The van der Waals surface area contributed by atoms with Crippen LogP contribution < -0.4 is 37.4 Å². The predicted molar refractivity (Wildman–Crippen MR) is 270 cm³/mol. The monoisotopic (exact) mass is 971 g/mol. The van der Waals surface area contributed by atoms with Gasteiger partial charge in [-0.1, -0.05) is 158 Å². The molecule has 17 heteroatoms. The Balaban J connectivity index is 0.000000428. The molecule has 0 bridgehead atoms. The number of nitrogens with one attached hydrogen (secondary N) is 4. The number of nitrogens with two attached hydrogens (primary N) is 1. The molecule has 0 spiro atoms. The van der Waals surface area contributed by atoms with Crippen LogP contribution in [0.25, 0.3) is 0 Å². The van der Waals surface area contributed by atoms with Crippen LogP contribution in [-0.4, -0.2) is 95.1 Å². The average Bonchev–Trinajstić information content (AvgIpc) is 3.57. The highest BCUT2D eigenvalue weighted by Crippen LogP contribution is 2.22. The summed E-state index contributed by atoms with van der Waals surface area (Å²) in [6, 6.07) is 23.8. The first-order chi connectivity index (χ1) is 32.1. The van der Waals surface area contributed by atoms with Crippen molar-refractivity contribution < 1.29 is 43.2 Å². The third-order valence-electron chi connectivity index (χ3n) is 11.8. The van der Waals surface area contributed by atoms with Gasteiger partial charge in [0.05, 0.1) is 37.0 Å². The van der Waals surface area contributed by atoms with E-state index in [9.17, 15) is 38.4 Å². The molecule has 68 heavy (non-hydrogen) atoms. The fourth-order valence-corrected chi connectivity index (χ4v) is 16.2. The lowest BCUT2D eigenvalue weighted by molar-refractivity contribution is -0.197. The number of hydroxylamine groups is 2. The molecule has 0 saturated carbocycles. The number of amides is 7. The molecule has 1 fully saturated rings. The van der Waals surface area contributed by atoms with E-state index in [1.54, 1.807) is 0 Å². The summed E-state index contributed by atoms with van der Waals surface area (Å²) < 4.78 is 0. The molecule has 7 amide bonds. The van der Waals surface area contributed by atoms with Crippen molar-refractivity contribution in [1.29, 1.82) is 0 Å². The molecule has 2 atom stereocenters. The van der Waals surface area contributed by atoms with Gasteiger partial charge in [-0.2, -0.15) is 0 Å². The van der Waals surface area contributed by atoms with Gasteiger partial charge in [-0.25, -0.2) is 4.79 Å².